The maximum Gasteiger partial charge on any atom is 0.317 e. The number of piperazine rings is 1. The number of aliphatic carboxylic acids is 1. The summed E-state index contributed by atoms with van der Waals surface area (Å²) in [5, 5.41) is 8.70. The third-order valence-electron chi connectivity index (χ3n) is 2.95. The average Bonchev–Trinajstić information content (AvgIpc) is 2.32. The van der Waals surface area contributed by atoms with Crippen molar-refractivity contribution in [1.29, 1.82) is 0 Å². The Morgan fingerprint density at radius 1 is 1.29 bits per heavy atom. The van der Waals surface area contributed by atoms with E-state index in [4.69, 9.17) is 5.11 Å². The summed E-state index contributed by atoms with van der Waals surface area (Å²) in [5.74, 6) is -0.745. The first-order valence-corrected chi connectivity index (χ1v) is 5.79. The Labute approximate surface area is 101 Å². The van der Waals surface area contributed by atoms with Crippen LogP contribution in [0, 0.1) is 0 Å². The molecule has 1 saturated heterocycles. The van der Waals surface area contributed by atoms with Crippen LogP contribution < -0.4 is 0 Å². The van der Waals surface area contributed by atoms with Gasteiger partial charge in [-0.3, -0.25) is 19.6 Å². The lowest BCUT2D eigenvalue weighted by Crippen LogP contribution is -2.47. The Bertz CT molecular complexity index is 361. The van der Waals surface area contributed by atoms with E-state index in [0.717, 1.165) is 32.7 Å². The summed E-state index contributed by atoms with van der Waals surface area (Å²) in [4.78, 5) is 19.0. The van der Waals surface area contributed by atoms with Gasteiger partial charge in [0.15, 0.2) is 0 Å². The summed E-state index contributed by atoms with van der Waals surface area (Å²) in [6, 6.07) is 4.01. The van der Waals surface area contributed by atoms with Crippen LogP contribution in [0.3, 0.4) is 0 Å². The van der Waals surface area contributed by atoms with Crippen molar-refractivity contribution in [3.63, 3.8) is 0 Å². The normalized spacial score (nSPS) is 18.1. The number of carboxylic acids is 1. The Morgan fingerprint density at radius 3 is 2.59 bits per heavy atom. The summed E-state index contributed by atoms with van der Waals surface area (Å²) in [6.07, 6.45) is 3.65. The molecule has 0 amide bonds. The fraction of sp³-hybridized carbons (Fsp3) is 0.500. The second-order valence-corrected chi connectivity index (χ2v) is 4.31. The Kier molecular flexibility index (Phi) is 4.06. The maximum atomic E-state index is 10.6. The van der Waals surface area contributed by atoms with E-state index < -0.39 is 5.97 Å². The number of hydrogen-bond acceptors (Lipinski definition) is 4. The van der Waals surface area contributed by atoms with Crippen LogP contribution in [0.4, 0.5) is 0 Å². The van der Waals surface area contributed by atoms with Crippen molar-refractivity contribution in [2.45, 2.75) is 6.54 Å². The zero-order valence-electron chi connectivity index (χ0n) is 9.75. The highest BCUT2D eigenvalue weighted by Crippen LogP contribution is 2.07. The molecule has 5 heteroatoms. The molecule has 0 aromatic carbocycles. The Morgan fingerprint density at radius 2 is 2.00 bits per heavy atom. The van der Waals surface area contributed by atoms with Crippen molar-refractivity contribution >= 4 is 5.97 Å². The summed E-state index contributed by atoms with van der Waals surface area (Å²) < 4.78 is 0. The van der Waals surface area contributed by atoms with Crippen LogP contribution >= 0.6 is 0 Å². The number of rotatable bonds is 4. The smallest absolute Gasteiger partial charge is 0.317 e. The van der Waals surface area contributed by atoms with Gasteiger partial charge in [-0.2, -0.15) is 0 Å². The Hall–Kier alpha value is -1.46. The summed E-state index contributed by atoms with van der Waals surface area (Å²) in [6.45, 7) is 4.54. The van der Waals surface area contributed by atoms with Gasteiger partial charge in [0, 0.05) is 45.1 Å². The average molecular weight is 235 g/mol. The minimum absolute atomic E-state index is 0.154. The van der Waals surface area contributed by atoms with E-state index in [1.54, 1.807) is 6.20 Å². The molecule has 1 aliphatic heterocycles. The molecular weight excluding hydrogens is 218 g/mol. The van der Waals surface area contributed by atoms with Gasteiger partial charge >= 0.3 is 5.97 Å². The lowest BCUT2D eigenvalue weighted by Gasteiger charge is -2.33. The van der Waals surface area contributed by atoms with Gasteiger partial charge in [0.05, 0.1) is 6.54 Å². The maximum absolute atomic E-state index is 10.6. The molecule has 5 nitrogen and oxygen atoms in total. The first kappa shape index (κ1) is 12.0. The van der Waals surface area contributed by atoms with Gasteiger partial charge in [-0.05, 0) is 11.6 Å². The molecule has 17 heavy (non-hydrogen) atoms. The van der Waals surface area contributed by atoms with Gasteiger partial charge in [0.1, 0.15) is 0 Å². The van der Waals surface area contributed by atoms with E-state index in [1.807, 2.05) is 17.2 Å². The van der Waals surface area contributed by atoms with Gasteiger partial charge < -0.3 is 5.11 Å². The van der Waals surface area contributed by atoms with Crippen LogP contribution in [0.25, 0.3) is 0 Å². The fourth-order valence-electron chi connectivity index (χ4n) is 2.05. The molecule has 0 spiro atoms. The molecule has 1 N–H and O–H groups in total. The van der Waals surface area contributed by atoms with Crippen LogP contribution in [0.2, 0.25) is 0 Å². The van der Waals surface area contributed by atoms with Gasteiger partial charge in [0.2, 0.25) is 0 Å². The van der Waals surface area contributed by atoms with Crippen LogP contribution in [0.5, 0.6) is 0 Å². The van der Waals surface area contributed by atoms with Gasteiger partial charge in [-0.1, -0.05) is 6.07 Å². The number of carbonyl (C=O) groups is 1. The predicted octanol–water partition coefficient (Wildman–Crippen LogP) is 0.284. The topological polar surface area (TPSA) is 56.7 Å². The lowest BCUT2D eigenvalue weighted by atomic mass is 10.2. The molecule has 1 fully saturated rings. The Balaban J connectivity index is 1.78. The number of pyridine rings is 1. The molecule has 1 aromatic rings. The highest BCUT2D eigenvalue weighted by atomic mass is 16.4. The third kappa shape index (κ3) is 3.80. The van der Waals surface area contributed by atoms with Gasteiger partial charge in [-0.25, -0.2) is 0 Å². The molecule has 0 saturated carbocycles. The minimum Gasteiger partial charge on any atom is -0.480 e. The second-order valence-electron chi connectivity index (χ2n) is 4.31. The third-order valence-corrected chi connectivity index (χ3v) is 2.95. The summed E-state index contributed by atoms with van der Waals surface area (Å²) >= 11 is 0. The van der Waals surface area contributed by atoms with Crippen molar-refractivity contribution < 1.29 is 9.90 Å². The largest absolute Gasteiger partial charge is 0.480 e. The summed E-state index contributed by atoms with van der Waals surface area (Å²) in [7, 11) is 0. The van der Waals surface area contributed by atoms with Crippen molar-refractivity contribution in [2.24, 2.45) is 0 Å². The zero-order valence-corrected chi connectivity index (χ0v) is 9.75. The molecular formula is C12H17N3O2. The summed E-state index contributed by atoms with van der Waals surface area (Å²) in [5.41, 5.74) is 1.21. The molecule has 0 aliphatic carbocycles. The van der Waals surface area contributed by atoms with Crippen LogP contribution in [0.15, 0.2) is 24.5 Å². The highest BCUT2D eigenvalue weighted by molar-refractivity contribution is 5.69. The molecule has 1 aromatic heterocycles. The number of hydrogen-bond donors (Lipinski definition) is 1. The molecule has 0 atom stereocenters. The molecule has 0 radical (unpaired) electrons. The van der Waals surface area contributed by atoms with Crippen molar-refractivity contribution in [1.82, 2.24) is 14.8 Å². The monoisotopic (exact) mass is 235 g/mol. The zero-order chi connectivity index (χ0) is 12.1. The quantitative estimate of drug-likeness (QED) is 0.812. The number of aromatic nitrogens is 1. The van der Waals surface area contributed by atoms with E-state index in [0.29, 0.717) is 0 Å². The molecule has 92 valence electrons. The van der Waals surface area contributed by atoms with Gasteiger partial charge in [0.25, 0.3) is 0 Å². The minimum atomic E-state index is -0.745. The van der Waals surface area contributed by atoms with E-state index in [2.05, 4.69) is 16.0 Å². The molecule has 0 bridgehead atoms. The van der Waals surface area contributed by atoms with Crippen molar-refractivity contribution in [2.75, 3.05) is 32.7 Å². The number of nitrogens with zero attached hydrogens (tertiary/aromatic N) is 3. The van der Waals surface area contributed by atoms with Crippen molar-refractivity contribution in [3.05, 3.63) is 30.1 Å². The van der Waals surface area contributed by atoms with Crippen molar-refractivity contribution in [3.8, 4) is 0 Å². The molecule has 1 aliphatic rings. The van der Waals surface area contributed by atoms with Crippen LogP contribution in [0.1, 0.15) is 5.56 Å². The lowest BCUT2D eigenvalue weighted by molar-refractivity contribution is -0.138. The highest BCUT2D eigenvalue weighted by Gasteiger charge is 2.18. The SMILES string of the molecule is O=C(O)CN1CCN(Cc2cccnc2)CC1. The molecule has 2 rings (SSSR count). The fourth-order valence-corrected chi connectivity index (χ4v) is 2.05. The molecule has 0 unspecified atom stereocenters. The van der Waals surface area contributed by atoms with E-state index in [-0.39, 0.29) is 6.54 Å². The molecule has 2 heterocycles. The first-order chi connectivity index (χ1) is 8.24. The van der Waals surface area contributed by atoms with E-state index >= 15 is 0 Å². The standard InChI is InChI=1S/C12H17N3O2/c16-12(17)10-15-6-4-14(5-7-15)9-11-2-1-3-13-8-11/h1-3,8H,4-7,9-10H2,(H,16,17). The van der Waals surface area contributed by atoms with E-state index in [1.165, 1.54) is 5.56 Å². The van der Waals surface area contributed by atoms with Crippen LogP contribution in [-0.4, -0.2) is 58.6 Å². The van der Waals surface area contributed by atoms with Gasteiger partial charge in [-0.15, -0.1) is 0 Å². The van der Waals surface area contributed by atoms with Crippen LogP contribution in [-0.2, 0) is 11.3 Å². The predicted molar refractivity (Wildman–Crippen MR) is 63.6 cm³/mol. The number of carboxylic acid groups (broad SMARTS) is 1. The second kappa shape index (κ2) is 5.75. The first-order valence-electron chi connectivity index (χ1n) is 5.79. The van der Waals surface area contributed by atoms with E-state index in [9.17, 15) is 4.79 Å².